The molecule has 3 aromatic heterocycles. The fourth-order valence-electron chi connectivity index (χ4n) is 3.84. The number of anilines is 1. The Morgan fingerprint density at radius 2 is 2.03 bits per heavy atom. The van der Waals surface area contributed by atoms with Crippen molar-refractivity contribution in [3.8, 4) is 11.3 Å². The normalized spacial score (nSPS) is 15.7. The van der Waals surface area contributed by atoms with E-state index >= 15 is 0 Å². The average molecular weight is 421 g/mol. The van der Waals surface area contributed by atoms with Gasteiger partial charge in [0.15, 0.2) is 0 Å². The summed E-state index contributed by atoms with van der Waals surface area (Å²) >= 11 is 0. The van der Waals surface area contributed by atoms with Gasteiger partial charge in [0, 0.05) is 28.8 Å². The van der Waals surface area contributed by atoms with Crippen LogP contribution >= 0.6 is 0 Å². The summed E-state index contributed by atoms with van der Waals surface area (Å²) in [5, 5.41) is 27.3. The van der Waals surface area contributed by atoms with E-state index in [2.05, 4.69) is 31.5 Å². The predicted molar refractivity (Wildman–Crippen MR) is 122 cm³/mol. The van der Waals surface area contributed by atoms with Gasteiger partial charge in [0.1, 0.15) is 11.4 Å². The lowest BCUT2D eigenvalue weighted by Crippen LogP contribution is -2.30. The summed E-state index contributed by atoms with van der Waals surface area (Å²) in [7, 11) is 0. The van der Waals surface area contributed by atoms with Crippen LogP contribution in [0.1, 0.15) is 38.4 Å². The molecule has 31 heavy (non-hydrogen) atoms. The lowest BCUT2D eigenvalue weighted by molar-refractivity contribution is -0.110. The lowest BCUT2D eigenvalue weighted by Gasteiger charge is -2.22. The van der Waals surface area contributed by atoms with Gasteiger partial charge in [-0.15, -0.1) is 0 Å². The first-order valence-corrected chi connectivity index (χ1v) is 10.5. The summed E-state index contributed by atoms with van der Waals surface area (Å²) in [6.45, 7) is 7.31. The van der Waals surface area contributed by atoms with Gasteiger partial charge in [-0.25, -0.2) is 4.98 Å². The molecule has 1 saturated heterocycles. The van der Waals surface area contributed by atoms with E-state index in [0.717, 1.165) is 53.9 Å². The first kappa shape index (κ1) is 20.9. The summed E-state index contributed by atoms with van der Waals surface area (Å²) in [6.07, 6.45) is 5.81. The molecule has 4 heterocycles. The molecule has 0 aliphatic carbocycles. The van der Waals surface area contributed by atoms with Gasteiger partial charge in [0.2, 0.25) is 0 Å². The Balaban J connectivity index is 1.55. The van der Waals surface area contributed by atoms with Crippen LogP contribution in [0.25, 0.3) is 22.3 Å². The summed E-state index contributed by atoms with van der Waals surface area (Å²) in [5.74, 6) is -1.04. The molecule has 1 unspecified atom stereocenters. The number of pyridine rings is 1. The molecule has 9 heteroatoms. The Morgan fingerprint density at radius 3 is 2.74 bits per heavy atom. The van der Waals surface area contributed by atoms with E-state index in [9.17, 15) is 4.79 Å². The molecule has 0 spiro atoms. The second kappa shape index (κ2) is 8.43. The zero-order chi connectivity index (χ0) is 22.1. The highest BCUT2D eigenvalue weighted by molar-refractivity contribution is 6.45. The van der Waals surface area contributed by atoms with Crippen LogP contribution in [0, 0.1) is 23.7 Å². The van der Waals surface area contributed by atoms with E-state index in [1.807, 2.05) is 19.1 Å². The Labute approximate surface area is 180 Å². The monoisotopic (exact) mass is 420 g/mol. The van der Waals surface area contributed by atoms with Crippen molar-refractivity contribution >= 4 is 34.1 Å². The number of aromatic amines is 1. The molecule has 0 saturated carbocycles. The van der Waals surface area contributed by atoms with Crippen LogP contribution in [0.2, 0.25) is 0 Å². The number of aryl methyl sites for hydroxylation is 1. The molecule has 1 atom stereocenters. The van der Waals surface area contributed by atoms with Gasteiger partial charge in [-0.3, -0.25) is 14.9 Å². The van der Waals surface area contributed by atoms with Gasteiger partial charge in [-0.05, 0) is 51.9 Å². The maximum absolute atomic E-state index is 12.3. The molecule has 9 nitrogen and oxygen atoms in total. The van der Waals surface area contributed by atoms with Crippen molar-refractivity contribution in [3.63, 3.8) is 0 Å². The summed E-state index contributed by atoms with van der Waals surface area (Å²) in [4.78, 5) is 20.1. The number of amides is 1. The maximum atomic E-state index is 12.3. The number of fused-ring (bicyclic) bond motifs is 1. The number of piperidine rings is 1. The fourth-order valence-corrected chi connectivity index (χ4v) is 3.84. The molecule has 0 aromatic carbocycles. The number of carbonyl (C=O) groups is 1. The summed E-state index contributed by atoms with van der Waals surface area (Å²) in [5.41, 5.74) is 4.32. The zero-order valence-electron chi connectivity index (χ0n) is 18.0. The quantitative estimate of drug-likeness (QED) is 0.391. The SMILES string of the molecule is CC(=N)C(C)C(=N)C(=O)Nc1cnc2[nH]c(-c3cn(C4CCNCC4)nc3C)cc2c1. The van der Waals surface area contributed by atoms with Crippen molar-refractivity contribution in [1.29, 1.82) is 10.8 Å². The highest BCUT2D eigenvalue weighted by atomic mass is 16.1. The molecule has 4 rings (SSSR count). The number of rotatable bonds is 6. The van der Waals surface area contributed by atoms with Gasteiger partial charge in [0.05, 0.1) is 29.3 Å². The molecular formula is C22H28N8O. The Bertz CT molecular complexity index is 1150. The largest absolute Gasteiger partial charge is 0.339 e. The minimum absolute atomic E-state index is 0.136. The minimum Gasteiger partial charge on any atom is -0.339 e. The van der Waals surface area contributed by atoms with Crippen LogP contribution in [0.3, 0.4) is 0 Å². The summed E-state index contributed by atoms with van der Waals surface area (Å²) < 4.78 is 2.08. The second-order valence-corrected chi connectivity index (χ2v) is 8.21. The maximum Gasteiger partial charge on any atom is 0.270 e. The smallest absolute Gasteiger partial charge is 0.270 e. The molecule has 162 valence electrons. The predicted octanol–water partition coefficient (Wildman–Crippen LogP) is 3.29. The van der Waals surface area contributed by atoms with Crippen LogP contribution in [0.4, 0.5) is 5.69 Å². The van der Waals surface area contributed by atoms with Gasteiger partial charge in [-0.1, -0.05) is 6.92 Å². The van der Waals surface area contributed by atoms with Crippen molar-refractivity contribution < 1.29 is 4.79 Å². The Hall–Kier alpha value is -3.33. The lowest BCUT2D eigenvalue weighted by atomic mass is 10.0. The fraction of sp³-hybridized carbons (Fsp3) is 0.409. The van der Waals surface area contributed by atoms with Gasteiger partial charge in [0.25, 0.3) is 5.91 Å². The Morgan fingerprint density at radius 1 is 1.29 bits per heavy atom. The van der Waals surface area contributed by atoms with Gasteiger partial charge >= 0.3 is 0 Å². The van der Waals surface area contributed by atoms with Crippen molar-refractivity contribution in [2.24, 2.45) is 5.92 Å². The van der Waals surface area contributed by atoms with Crippen LogP contribution in [0.15, 0.2) is 24.5 Å². The molecule has 1 amide bonds. The van der Waals surface area contributed by atoms with E-state index in [-0.39, 0.29) is 11.4 Å². The number of nitrogens with zero attached hydrogens (tertiary/aromatic N) is 3. The van der Waals surface area contributed by atoms with Crippen LogP contribution < -0.4 is 10.6 Å². The highest BCUT2D eigenvalue weighted by Crippen LogP contribution is 2.29. The zero-order valence-corrected chi connectivity index (χ0v) is 18.0. The van der Waals surface area contributed by atoms with Crippen molar-refractivity contribution in [1.82, 2.24) is 25.1 Å². The molecule has 1 aliphatic heterocycles. The number of carbonyl (C=O) groups excluding carboxylic acids is 1. The van der Waals surface area contributed by atoms with E-state index in [1.54, 1.807) is 20.0 Å². The highest BCUT2D eigenvalue weighted by Gasteiger charge is 2.20. The van der Waals surface area contributed by atoms with Crippen molar-refractivity contribution in [3.05, 3.63) is 30.2 Å². The van der Waals surface area contributed by atoms with E-state index in [1.165, 1.54) is 0 Å². The van der Waals surface area contributed by atoms with Crippen LogP contribution in [-0.4, -0.2) is 50.2 Å². The van der Waals surface area contributed by atoms with Gasteiger partial charge in [-0.2, -0.15) is 5.10 Å². The van der Waals surface area contributed by atoms with Crippen molar-refractivity contribution in [2.45, 2.75) is 39.7 Å². The third kappa shape index (κ3) is 4.27. The molecule has 0 radical (unpaired) electrons. The van der Waals surface area contributed by atoms with Crippen LogP contribution in [-0.2, 0) is 4.79 Å². The van der Waals surface area contributed by atoms with E-state index in [0.29, 0.717) is 11.7 Å². The topological polar surface area (TPSA) is 135 Å². The Kier molecular flexibility index (Phi) is 5.69. The van der Waals surface area contributed by atoms with E-state index in [4.69, 9.17) is 15.9 Å². The number of H-pyrrole nitrogens is 1. The molecular weight excluding hydrogens is 392 g/mol. The number of aromatic nitrogens is 4. The first-order chi connectivity index (χ1) is 14.8. The molecule has 1 fully saturated rings. The van der Waals surface area contributed by atoms with Crippen LogP contribution in [0.5, 0.6) is 0 Å². The first-order valence-electron chi connectivity index (χ1n) is 10.5. The molecule has 3 aromatic rings. The molecule has 0 bridgehead atoms. The van der Waals surface area contributed by atoms with Gasteiger partial charge < -0.3 is 21.0 Å². The average Bonchev–Trinajstić information content (AvgIpc) is 3.36. The van der Waals surface area contributed by atoms with Crippen molar-refractivity contribution in [2.75, 3.05) is 18.4 Å². The number of hydrogen-bond acceptors (Lipinski definition) is 6. The third-order valence-corrected chi connectivity index (χ3v) is 5.94. The number of nitrogens with one attached hydrogen (secondary N) is 5. The molecule has 1 aliphatic rings. The minimum atomic E-state index is -0.519. The summed E-state index contributed by atoms with van der Waals surface area (Å²) in [6, 6.07) is 4.26. The number of hydrogen-bond donors (Lipinski definition) is 5. The third-order valence-electron chi connectivity index (χ3n) is 5.94. The second-order valence-electron chi connectivity index (χ2n) is 8.21. The molecule has 5 N–H and O–H groups in total. The standard InChI is InChI=1S/C22H28N8O/c1-12(13(2)23)20(24)22(31)27-16-8-15-9-19(28-21(15)26-10-16)18-11-30(29-14(18)3)17-4-6-25-7-5-17/h8-12,17,23-25H,4-7H2,1-3H3,(H,26,28)(H,27,31). The van der Waals surface area contributed by atoms with E-state index < -0.39 is 11.8 Å².